The van der Waals surface area contributed by atoms with Crippen LogP contribution in [-0.4, -0.2) is 10.7 Å². The lowest BCUT2D eigenvalue weighted by atomic mass is 10.0. The van der Waals surface area contributed by atoms with Crippen LogP contribution in [0.2, 0.25) is 0 Å². The molecule has 0 aliphatic carbocycles. The Morgan fingerprint density at radius 2 is 1.66 bits per heavy atom. The van der Waals surface area contributed by atoms with Crippen LogP contribution in [-0.2, 0) is 0 Å². The summed E-state index contributed by atoms with van der Waals surface area (Å²) >= 11 is 1.41. The number of hydrogen-bond donors (Lipinski definition) is 1. The average molecular weight is 395 g/mol. The molecule has 4 rings (SSSR count). The molecule has 0 unspecified atom stereocenters. The van der Waals surface area contributed by atoms with E-state index < -0.39 is 0 Å². The minimum Gasteiger partial charge on any atom is -0.277 e. The largest absolute Gasteiger partial charge is 0.277 e. The summed E-state index contributed by atoms with van der Waals surface area (Å²) in [5.41, 5.74) is 9.36. The molecule has 0 saturated heterocycles. The Bertz CT molecular complexity index is 1190. The summed E-state index contributed by atoms with van der Waals surface area (Å²) in [6.07, 6.45) is 0. The van der Waals surface area contributed by atoms with Gasteiger partial charge in [0, 0.05) is 10.9 Å². The van der Waals surface area contributed by atoms with Gasteiger partial charge >= 0.3 is 0 Å². The zero-order valence-electron chi connectivity index (χ0n) is 15.8. The monoisotopic (exact) mass is 394 g/mol. The zero-order chi connectivity index (χ0) is 20.1. The number of anilines is 1. The van der Waals surface area contributed by atoms with Crippen molar-refractivity contribution in [1.29, 1.82) is 5.26 Å². The van der Waals surface area contributed by atoms with Crippen molar-refractivity contribution in [1.82, 2.24) is 4.98 Å². The third-order valence-electron chi connectivity index (χ3n) is 4.42. The molecule has 1 aromatic heterocycles. The molecule has 4 aromatic rings. The number of nitrogens with one attached hydrogen (secondary N) is 1. The maximum atomic E-state index is 9.50. The molecule has 140 valence electrons. The van der Waals surface area contributed by atoms with Crippen molar-refractivity contribution in [2.75, 3.05) is 5.43 Å². The molecule has 0 spiro atoms. The predicted molar refractivity (Wildman–Crippen MR) is 120 cm³/mol. The van der Waals surface area contributed by atoms with Crippen molar-refractivity contribution in [3.8, 4) is 28.5 Å². The molecule has 29 heavy (non-hydrogen) atoms. The summed E-state index contributed by atoms with van der Waals surface area (Å²) in [7, 11) is 0. The number of hydrazone groups is 1. The normalized spacial score (nSPS) is 11.1. The first-order valence-electron chi connectivity index (χ1n) is 9.15. The average Bonchev–Trinajstić information content (AvgIpc) is 3.25. The molecule has 0 fully saturated rings. The second-order valence-electron chi connectivity index (χ2n) is 6.53. The molecule has 0 bridgehead atoms. The molecule has 3 aromatic carbocycles. The Labute approximate surface area is 173 Å². The fraction of sp³-hybridized carbons (Fsp3) is 0.0417. The Morgan fingerprint density at radius 1 is 0.931 bits per heavy atom. The minimum atomic E-state index is 0.267. The summed E-state index contributed by atoms with van der Waals surface area (Å²) in [6.45, 7) is 2.01. The standard InChI is InChI=1S/C24H18N4S/c1-17-6-5-9-21(14-17)27-28-22(15-25)24-26-23(16-29-24)20-12-10-19(11-13-20)18-7-3-2-4-8-18/h2-14,16,27H,1H3/b28-22+. The van der Waals surface area contributed by atoms with E-state index in [-0.39, 0.29) is 5.71 Å². The summed E-state index contributed by atoms with van der Waals surface area (Å²) in [5, 5.41) is 16.3. The first kappa shape index (κ1) is 18.6. The first-order valence-corrected chi connectivity index (χ1v) is 10.0. The van der Waals surface area contributed by atoms with Gasteiger partial charge in [0.25, 0.3) is 0 Å². The van der Waals surface area contributed by atoms with Gasteiger partial charge in [0.05, 0.1) is 11.4 Å². The SMILES string of the molecule is Cc1cccc(N/N=C(\C#N)c2nc(-c3ccc(-c4ccccc4)cc3)cs2)c1. The van der Waals surface area contributed by atoms with Crippen LogP contribution >= 0.6 is 11.3 Å². The Hall–Kier alpha value is -3.75. The van der Waals surface area contributed by atoms with Crippen LogP contribution in [0.4, 0.5) is 5.69 Å². The summed E-state index contributed by atoms with van der Waals surface area (Å²) < 4.78 is 0. The van der Waals surface area contributed by atoms with Gasteiger partial charge in [-0.3, -0.25) is 5.43 Å². The lowest BCUT2D eigenvalue weighted by Crippen LogP contribution is -2.01. The van der Waals surface area contributed by atoms with Gasteiger partial charge in [0.1, 0.15) is 6.07 Å². The number of aryl methyl sites for hydroxylation is 1. The quantitative estimate of drug-likeness (QED) is 0.327. The molecule has 0 atom stereocenters. The number of hydrogen-bond acceptors (Lipinski definition) is 5. The van der Waals surface area contributed by atoms with Crippen LogP contribution in [0.25, 0.3) is 22.4 Å². The Balaban J connectivity index is 1.54. The summed E-state index contributed by atoms with van der Waals surface area (Å²) in [5.74, 6) is 0. The summed E-state index contributed by atoms with van der Waals surface area (Å²) in [4.78, 5) is 4.61. The zero-order valence-corrected chi connectivity index (χ0v) is 16.6. The minimum absolute atomic E-state index is 0.267. The Morgan fingerprint density at radius 3 is 2.38 bits per heavy atom. The van der Waals surface area contributed by atoms with Gasteiger partial charge in [-0.15, -0.1) is 11.3 Å². The van der Waals surface area contributed by atoms with E-state index in [1.807, 2.05) is 54.8 Å². The van der Waals surface area contributed by atoms with E-state index in [1.54, 1.807) is 0 Å². The maximum absolute atomic E-state index is 9.50. The number of nitriles is 1. The molecular weight excluding hydrogens is 376 g/mol. The fourth-order valence-electron chi connectivity index (χ4n) is 2.93. The highest BCUT2D eigenvalue weighted by Crippen LogP contribution is 2.26. The van der Waals surface area contributed by atoms with Gasteiger partial charge in [-0.1, -0.05) is 66.7 Å². The topological polar surface area (TPSA) is 61.1 Å². The van der Waals surface area contributed by atoms with Gasteiger partial charge < -0.3 is 0 Å². The van der Waals surface area contributed by atoms with Crippen molar-refractivity contribution in [2.24, 2.45) is 5.10 Å². The van der Waals surface area contributed by atoms with Gasteiger partial charge in [-0.2, -0.15) is 10.4 Å². The van der Waals surface area contributed by atoms with Crippen molar-refractivity contribution >= 4 is 22.7 Å². The highest BCUT2D eigenvalue weighted by Gasteiger charge is 2.11. The van der Waals surface area contributed by atoms with Crippen LogP contribution in [0, 0.1) is 18.3 Å². The maximum Gasteiger partial charge on any atom is 0.196 e. The second-order valence-corrected chi connectivity index (χ2v) is 7.39. The van der Waals surface area contributed by atoms with E-state index in [9.17, 15) is 5.26 Å². The molecule has 0 amide bonds. The number of thiazole rings is 1. The number of benzene rings is 3. The molecule has 0 radical (unpaired) electrons. The lowest BCUT2D eigenvalue weighted by molar-refractivity contribution is 1.30. The van der Waals surface area contributed by atoms with E-state index in [0.717, 1.165) is 28.1 Å². The molecule has 0 aliphatic heterocycles. The highest BCUT2D eigenvalue weighted by molar-refractivity contribution is 7.12. The van der Waals surface area contributed by atoms with E-state index in [0.29, 0.717) is 5.01 Å². The van der Waals surface area contributed by atoms with Gasteiger partial charge in [0.15, 0.2) is 10.7 Å². The van der Waals surface area contributed by atoms with Crippen molar-refractivity contribution in [3.63, 3.8) is 0 Å². The lowest BCUT2D eigenvalue weighted by Gasteiger charge is -2.03. The first-order chi connectivity index (χ1) is 14.2. The van der Waals surface area contributed by atoms with Crippen LogP contribution in [0.5, 0.6) is 0 Å². The van der Waals surface area contributed by atoms with Crippen molar-refractivity contribution in [2.45, 2.75) is 6.92 Å². The van der Waals surface area contributed by atoms with Crippen LogP contribution in [0.1, 0.15) is 10.6 Å². The van der Waals surface area contributed by atoms with E-state index >= 15 is 0 Å². The fourth-order valence-corrected chi connectivity index (χ4v) is 3.70. The molecule has 0 saturated carbocycles. The molecule has 1 N–H and O–H groups in total. The third kappa shape index (κ3) is 4.40. The third-order valence-corrected chi connectivity index (χ3v) is 5.26. The number of rotatable bonds is 5. The molecule has 5 heteroatoms. The second kappa shape index (κ2) is 8.51. The molecular formula is C24H18N4S. The highest BCUT2D eigenvalue weighted by atomic mass is 32.1. The Kier molecular flexibility index (Phi) is 5.46. The summed E-state index contributed by atoms with van der Waals surface area (Å²) in [6, 6.07) is 28.5. The van der Waals surface area contributed by atoms with E-state index in [1.165, 1.54) is 16.9 Å². The number of nitrogens with zero attached hydrogens (tertiary/aromatic N) is 3. The van der Waals surface area contributed by atoms with E-state index in [2.05, 4.69) is 58.0 Å². The van der Waals surface area contributed by atoms with Crippen LogP contribution in [0.15, 0.2) is 89.3 Å². The smallest absolute Gasteiger partial charge is 0.196 e. The number of aromatic nitrogens is 1. The molecule has 1 heterocycles. The van der Waals surface area contributed by atoms with Gasteiger partial charge in [-0.25, -0.2) is 4.98 Å². The van der Waals surface area contributed by atoms with Crippen molar-refractivity contribution in [3.05, 3.63) is 94.8 Å². The van der Waals surface area contributed by atoms with Crippen LogP contribution in [0.3, 0.4) is 0 Å². The predicted octanol–water partition coefficient (Wildman–Crippen LogP) is 6.13. The van der Waals surface area contributed by atoms with E-state index in [4.69, 9.17) is 0 Å². The van der Waals surface area contributed by atoms with Gasteiger partial charge in [0.2, 0.25) is 0 Å². The van der Waals surface area contributed by atoms with Crippen molar-refractivity contribution < 1.29 is 0 Å². The van der Waals surface area contributed by atoms with Gasteiger partial charge in [-0.05, 0) is 35.7 Å². The van der Waals surface area contributed by atoms with Crippen LogP contribution < -0.4 is 5.43 Å². The molecule has 4 nitrogen and oxygen atoms in total. The molecule has 0 aliphatic rings.